The van der Waals surface area contributed by atoms with Crippen molar-refractivity contribution in [2.24, 2.45) is 5.41 Å². The first-order chi connectivity index (χ1) is 12.1. The van der Waals surface area contributed by atoms with Crippen LogP contribution in [0.25, 0.3) is 0 Å². The summed E-state index contributed by atoms with van der Waals surface area (Å²) in [6.45, 7) is 4.68. The summed E-state index contributed by atoms with van der Waals surface area (Å²) in [5.74, 6) is 1.07. The predicted octanol–water partition coefficient (Wildman–Crippen LogP) is 2.04. The molecule has 6 nitrogen and oxygen atoms in total. The lowest BCUT2D eigenvalue weighted by atomic mass is 9.78. The van der Waals surface area contributed by atoms with Crippen LogP contribution in [-0.2, 0) is 4.79 Å². The van der Waals surface area contributed by atoms with Gasteiger partial charge in [0.1, 0.15) is 0 Å². The summed E-state index contributed by atoms with van der Waals surface area (Å²) < 4.78 is 0. The van der Waals surface area contributed by atoms with Crippen molar-refractivity contribution in [3.63, 3.8) is 0 Å². The monoisotopic (exact) mass is 363 g/mol. The van der Waals surface area contributed by atoms with E-state index in [1.807, 2.05) is 0 Å². The molecule has 1 aromatic heterocycles. The summed E-state index contributed by atoms with van der Waals surface area (Å²) in [7, 11) is 2.16. The highest BCUT2D eigenvalue weighted by Gasteiger charge is 2.50. The number of piperidine rings is 2. The Bertz CT molecular complexity index is 648. The molecule has 0 aliphatic carbocycles. The Morgan fingerprint density at radius 2 is 1.88 bits per heavy atom. The summed E-state index contributed by atoms with van der Waals surface area (Å²) in [5.41, 5.74) is -0.261. The molecule has 7 heteroatoms. The van der Waals surface area contributed by atoms with E-state index in [9.17, 15) is 4.79 Å². The number of halogens is 1. The third-order valence-corrected chi connectivity index (χ3v) is 6.45. The molecule has 3 aliphatic heterocycles. The molecule has 1 spiro atoms. The molecule has 0 aromatic carbocycles. The minimum absolute atomic E-state index is 0.261. The zero-order chi connectivity index (χ0) is 17.4. The number of likely N-dealkylation sites (tertiary alicyclic amines) is 2. The van der Waals surface area contributed by atoms with Crippen molar-refractivity contribution in [2.45, 2.75) is 38.1 Å². The predicted molar refractivity (Wildman–Crippen MR) is 97.8 cm³/mol. The van der Waals surface area contributed by atoms with E-state index < -0.39 is 0 Å². The van der Waals surface area contributed by atoms with Crippen LogP contribution in [0.1, 0.15) is 32.1 Å². The summed E-state index contributed by atoms with van der Waals surface area (Å²) in [6.07, 6.45) is 8.39. The van der Waals surface area contributed by atoms with Gasteiger partial charge in [-0.1, -0.05) is 11.6 Å². The van der Waals surface area contributed by atoms with Crippen LogP contribution in [0.15, 0.2) is 12.4 Å². The second-order valence-corrected chi connectivity index (χ2v) is 8.12. The molecule has 136 valence electrons. The van der Waals surface area contributed by atoms with Crippen molar-refractivity contribution in [3.8, 4) is 0 Å². The molecule has 0 radical (unpaired) electrons. The van der Waals surface area contributed by atoms with Gasteiger partial charge in [0.2, 0.25) is 5.91 Å². The first-order valence-electron chi connectivity index (χ1n) is 9.30. The summed E-state index contributed by atoms with van der Waals surface area (Å²) in [5, 5.41) is 0.428. The van der Waals surface area contributed by atoms with E-state index in [2.05, 4.69) is 31.7 Å². The fraction of sp³-hybridized carbons (Fsp3) is 0.722. The van der Waals surface area contributed by atoms with Gasteiger partial charge in [-0.2, -0.15) is 0 Å². The minimum Gasteiger partial charge on any atom is -0.353 e. The fourth-order valence-corrected chi connectivity index (χ4v) is 4.94. The maximum Gasteiger partial charge on any atom is 0.230 e. The molecule has 3 saturated heterocycles. The topological polar surface area (TPSA) is 52.6 Å². The second kappa shape index (κ2) is 6.72. The number of nitrogens with zero attached hydrogens (tertiary/aromatic N) is 5. The normalized spacial score (nSPS) is 29.0. The van der Waals surface area contributed by atoms with Gasteiger partial charge in [-0.3, -0.25) is 4.79 Å². The highest BCUT2D eigenvalue weighted by molar-refractivity contribution is 6.31. The van der Waals surface area contributed by atoms with Crippen molar-refractivity contribution in [1.82, 2.24) is 19.8 Å². The summed E-state index contributed by atoms with van der Waals surface area (Å²) >= 11 is 6.24. The zero-order valence-electron chi connectivity index (χ0n) is 14.8. The van der Waals surface area contributed by atoms with E-state index in [1.165, 1.54) is 0 Å². The minimum atomic E-state index is -0.261. The molecule has 1 amide bonds. The Labute approximate surface area is 154 Å². The maximum absolute atomic E-state index is 13.3. The maximum atomic E-state index is 13.3. The van der Waals surface area contributed by atoms with Crippen LogP contribution in [0.2, 0.25) is 5.15 Å². The number of hydrogen-bond donors (Lipinski definition) is 0. The number of anilines is 1. The van der Waals surface area contributed by atoms with Crippen LogP contribution >= 0.6 is 11.6 Å². The lowest BCUT2D eigenvalue weighted by Gasteiger charge is -2.41. The van der Waals surface area contributed by atoms with Crippen molar-refractivity contribution in [3.05, 3.63) is 17.5 Å². The smallest absolute Gasteiger partial charge is 0.230 e. The molecule has 0 unspecified atom stereocenters. The van der Waals surface area contributed by atoms with E-state index in [-0.39, 0.29) is 5.41 Å². The lowest BCUT2D eigenvalue weighted by Crippen LogP contribution is -2.51. The van der Waals surface area contributed by atoms with E-state index in [4.69, 9.17) is 11.6 Å². The van der Waals surface area contributed by atoms with Gasteiger partial charge in [0.15, 0.2) is 11.0 Å². The molecule has 25 heavy (non-hydrogen) atoms. The SMILES string of the molecule is CN1CCC(N2CC[C@@]3(CCCN(c4nccnc4Cl)C3)C2=O)CC1. The molecule has 1 atom stereocenters. The Kier molecular flexibility index (Phi) is 4.58. The zero-order valence-corrected chi connectivity index (χ0v) is 15.6. The van der Waals surface area contributed by atoms with Crippen LogP contribution < -0.4 is 4.90 Å². The molecule has 4 rings (SSSR count). The van der Waals surface area contributed by atoms with E-state index in [0.29, 0.717) is 29.5 Å². The van der Waals surface area contributed by atoms with Crippen LogP contribution in [-0.4, -0.2) is 71.5 Å². The third-order valence-electron chi connectivity index (χ3n) is 6.19. The summed E-state index contributed by atoms with van der Waals surface area (Å²) in [4.78, 5) is 28.6. The van der Waals surface area contributed by atoms with Crippen molar-refractivity contribution in [2.75, 3.05) is 44.7 Å². The van der Waals surface area contributed by atoms with Gasteiger partial charge in [0.25, 0.3) is 0 Å². The van der Waals surface area contributed by atoms with Crippen molar-refractivity contribution < 1.29 is 4.79 Å². The number of carbonyl (C=O) groups excluding carboxylic acids is 1. The number of aromatic nitrogens is 2. The van der Waals surface area contributed by atoms with Gasteiger partial charge in [-0.15, -0.1) is 0 Å². The van der Waals surface area contributed by atoms with Crippen LogP contribution in [0.4, 0.5) is 5.82 Å². The average Bonchev–Trinajstić information content (AvgIpc) is 2.92. The molecule has 0 N–H and O–H groups in total. The molecule has 1 aromatic rings. The first kappa shape index (κ1) is 17.0. The van der Waals surface area contributed by atoms with Gasteiger partial charge in [-0.25, -0.2) is 9.97 Å². The number of rotatable bonds is 2. The standard InChI is InChI=1S/C18H26ClN5O/c1-22-10-3-14(4-11-22)24-12-6-18(17(24)25)5-2-9-23(13-18)16-15(19)20-7-8-21-16/h7-8,14H,2-6,9-13H2,1H3/t18-/m1/s1. The van der Waals surface area contributed by atoms with Gasteiger partial charge in [0.05, 0.1) is 5.41 Å². The van der Waals surface area contributed by atoms with E-state index >= 15 is 0 Å². The quantitative estimate of drug-likeness (QED) is 0.804. The van der Waals surface area contributed by atoms with Gasteiger partial charge < -0.3 is 14.7 Å². The van der Waals surface area contributed by atoms with Crippen molar-refractivity contribution >= 4 is 23.3 Å². The fourth-order valence-electron chi connectivity index (χ4n) is 4.72. The molecule has 0 bridgehead atoms. The van der Waals surface area contributed by atoms with Gasteiger partial charge >= 0.3 is 0 Å². The van der Waals surface area contributed by atoms with Crippen LogP contribution in [0, 0.1) is 5.41 Å². The van der Waals surface area contributed by atoms with Gasteiger partial charge in [-0.05, 0) is 52.2 Å². The lowest BCUT2D eigenvalue weighted by molar-refractivity contribution is -0.139. The largest absolute Gasteiger partial charge is 0.353 e. The Morgan fingerprint density at radius 1 is 1.12 bits per heavy atom. The Hall–Kier alpha value is -1.40. The molecule has 4 heterocycles. The van der Waals surface area contributed by atoms with Crippen LogP contribution in [0.3, 0.4) is 0 Å². The van der Waals surface area contributed by atoms with Gasteiger partial charge in [0, 0.05) is 38.1 Å². The highest BCUT2D eigenvalue weighted by atomic mass is 35.5. The number of carbonyl (C=O) groups is 1. The number of amides is 1. The Morgan fingerprint density at radius 3 is 2.64 bits per heavy atom. The highest BCUT2D eigenvalue weighted by Crippen LogP contribution is 2.43. The molecular formula is C18H26ClN5O. The van der Waals surface area contributed by atoms with Crippen LogP contribution in [0.5, 0.6) is 0 Å². The van der Waals surface area contributed by atoms with E-state index in [1.54, 1.807) is 12.4 Å². The molecule has 3 fully saturated rings. The van der Waals surface area contributed by atoms with Crippen molar-refractivity contribution in [1.29, 1.82) is 0 Å². The molecule has 3 aliphatic rings. The molecule has 0 saturated carbocycles. The molecular weight excluding hydrogens is 338 g/mol. The third kappa shape index (κ3) is 3.10. The number of hydrogen-bond acceptors (Lipinski definition) is 5. The summed E-state index contributed by atoms with van der Waals surface area (Å²) in [6, 6.07) is 0.415. The van der Waals surface area contributed by atoms with E-state index in [0.717, 1.165) is 58.3 Å². The second-order valence-electron chi connectivity index (χ2n) is 7.76. The average molecular weight is 364 g/mol. The Balaban J connectivity index is 1.50. The first-order valence-corrected chi connectivity index (χ1v) is 9.68.